The number of rotatable bonds is 8. The summed E-state index contributed by atoms with van der Waals surface area (Å²) in [5, 5.41) is 0. The molecular weight excluding hydrogens is 288 g/mol. The van der Waals surface area contributed by atoms with Crippen LogP contribution in [0.5, 0.6) is 0 Å². The SMILES string of the molecule is C[Si](C)(/C=C/CN)O[Si](C)(C)O[Si](C)(C)/C=C/CN. The van der Waals surface area contributed by atoms with Gasteiger partial charge in [0.2, 0.25) is 0 Å². The van der Waals surface area contributed by atoms with E-state index >= 15 is 0 Å². The van der Waals surface area contributed by atoms with Gasteiger partial charge in [-0.3, -0.25) is 0 Å². The topological polar surface area (TPSA) is 70.5 Å². The van der Waals surface area contributed by atoms with Crippen LogP contribution in [0.2, 0.25) is 39.3 Å². The van der Waals surface area contributed by atoms with Crippen molar-refractivity contribution < 1.29 is 8.23 Å². The Morgan fingerprint density at radius 3 is 1.32 bits per heavy atom. The Morgan fingerprint density at radius 1 is 0.737 bits per heavy atom. The van der Waals surface area contributed by atoms with E-state index in [1.165, 1.54) is 0 Å². The zero-order valence-corrected chi connectivity index (χ0v) is 16.2. The summed E-state index contributed by atoms with van der Waals surface area (Å²) in [4.78, 5) is 0. The van der Waals surface area contributed by atoms with Gasteiger partial charge in [-0.25, -0.2) is 0 Å². The van der Waals surface area contributed by atoms with Gasteiger partial charge >= 0.3 is 8.56 Å². The first kappa shape index (κ1) is 19.0. The molecule has 0 aliphatic heterocycles. The molecule has 0 heterocycles. The molecule has 0 aliphatic rings. The highest BCUT2D eigenvalue weighted by atomic mass is 28.5. The first-order chi connectivity index (χ1) is 8.54. The Kier molecular flexibility index (Phi) is 7.66. The fourth-order valence-electron chi connectivity index (χ4n) is 2.06. The molecule has 0 aromatic carbocycles. The van der Waals surface area contributed by atoms with E-state index in [9.17, 15) is 0 Å². The monoisotopic (exact) mass is 318 g/mol. The van der Waals surface area contributed by atoms with Crippen molar-refractivity contribution in [1.82, 2.24) is 0 Å². The van der Waals surface area contributed by atoms with Crippen molar-refractivity contribution in [3.05, 3.63) is 23.6 Å². The van der Waals surface area contributed by atoms with E-state index in [0.717, 1.165) is 0 Å². The Bertz CT molecular complexity index is 299. The lowest BCUT2D eigenvalue weighted by Gasteiger charge is -2.36. The molecule has 0 rings (SSSR count). The largest absolute Gasteiger partial charge is 0.433 e. The molecule has 0 radical (unpaired) electrons. The van der Waals surface area contributed by atoms with Crippen molar-refractivity contribution in [3.8, 4) is 0 Å². The van der Waals surface area contributed by atoms with Crippen molar-refractivity contribution in [3.63, 3.8) is 0 Å². The maximum Gasteiger partial charge on any atom is 0.311 e. The predicted molar refractivity (Wildman–Crippen MR) is 91.0 cm³/mol. The summed E-state index contributed by atoms with van der Waals surface area (Å²) < 4.78 is 12.7. The minimum absolute atomic E-state index is 0.558. The first-order valence-electron chi connectivity index (χ1n) is 6.69. The molecule has 0 saturated carbocycles. The minimum Gasteiger partial charge on any atom is -0.433 e. The van der Waals surface area contributed by atoms with Gasteiger partial charge < -0.3 is 19.7 Å². The number of hydrogen-bond acceptors (Lipinski definition) is 4. The summed E-state index contributed by atoms with van der Waals surface area (Å²) in [5.74, 6) is 0. The fourth-order valence-corrected chi connectivity index (χ4v) is 14.7. The number of hydrogen-bond donors (Lipinski definition) is 2. The molecule has 4 N–H and O–H groups in total. The summed E-state index contributed by atoms with van der Waals surface area (Å²) in [6.45, 7) is 14.0. The summed E-state index contributed by atoms with van der Waals surface area (Å²) in [6, 6.07) is 0. The first-order valence-corrected chi connectivity index (χ1v) is 15.5. The second-order valence-electron chi connectivity index (χ2n) is 6.09. The van der Waals surface area contributed by atoms with Crippen LogP contribution >= 0.6 is 0 Å². The van der Waals surface area contributed by atoms with Crippen molar-refractivity contribution in [1.29, 1.82) is 0 Å². The Morgan fingerprint density at radius 2 is 1.05 bits per heavy atom. The van der Waals surface area contributed by atoms with Gasteiger partial charge in [0.05, 0.1) is 0 Å². The maximum atomic E-state index is 6.33. The number of nitrogens with two attached hydrogens (primary N) is 2. The van der Waals surface area contributed by atoms with Crippen molar-refractivity contribution in [2.75, 3.05) is 13.1 Å². The molecule has 0 saturated heterocycles. The quantitative estimate of drug-likeness (QED) is 0.673. The second kappa shape index (κ2) is 7.67. The van der Waals surface area contributed by atoms with E-state index in [1.807, 2.05) is 12.2 Å². The molecule has 0 unspecified atom stereocenters. The Labute approximate surface area is 121 Å². The molecule has 19 heavy (non-hydrogen) atoms. The van der Waals surface area contributed by atoms with Gasteiger partial charge in [0.25, 0.3) is 0 Å². The Balaban J connectivity index is 4.71. The van der Waals surface area contributed by atoms with Crippen LogP contribution in [-0.4, -0.2) is 38.3 Å². The third-order valence-corrected chi connectivity index (χ3v) is 12.5. The van der Waals surface area contributed by atoms with Crippen molar-refractivity contribution in [2.45, 2.75) is 39.3 Å². The van der Waals surface area contributed by atoms with Crippen LogP contribution < -0.4 is 11.5 Å². The molecule has 7 heteroatoms. The highest BCUT2D eigenvalue weighted by molar-refractivity contribution is 6.90. The third-order valence-electron chi connectivity index (χ3n) is 2.33. The zero-order valence-electron chi connectivity index (χ0n) is 13.2. The molecule has 0 amide bonds. The van der Waals surface area contributed by atoms with Gasteiger partial charge in [0.15, 0.2) is 16.6 Å². The van der Waals surface area contributed by atoms with Crippen LogP contribution in [0.25, 0.3) is 0 Å². The predicted octanol–water partition coefficient (Wildman–Crippen LogP) is 2.24. The van der Waals surface area contributed by atoms with Gasteiger partial charge in [-0.2, -0.15) is 0 Å². The molecule has 0 aromatic heterocycles. The molecule has 0 atom stereocenters. The average molecular weight is 319 g/mol. The van der Waals surface area contributed by atoms with Crippen LogP contribution in [0.3, 0.4) is 0 Å². The molecule has 0 spiro atoms. The van der Waals surface area contributed by atoms with Crippen molar-refractivity contribution >= 4 is 25.2 Å². The summed E-state index contributed by atoms with van der Waals surface area (Å²) in [5.41, 5.74) is 15.3. The molecule has 4 nitrogen and oxygen atoms in total. The standard InChI is InChI=1S/C12H30N2O2Si3/c1-17(2,11-7-9-13)15-19(5,6)16-18(3,4)12-8-10-14/h7-8,11-12H,9-10,13-14H2,1-6H3/b11-7+,12-8+. The third kappa shape index (κ3) is 9.50. The molecular formula is C12H30N2O2Si3. The summed E-state index contributed by atoms with van der Waals surface area (Å²) in [6.07, 6.45) is 3.96. The Hall–Kier alpha value is -0.0294. The highest BCUT2D eigenvalue weighted by Crippen LogP contribution is 2.21. The van der Waals surface area contributed by atoms with Crippen LogP contribution in [0.15, 0.2) is 23.6 Å². The second-order valence-corrected chi connectivity index (χ2v) is 17.6. The van der Waals surface area contributed by atoms with Gasteiger partial charge in [0, 0.05) is 13.1 Å². The zero-order chi connectivity index (χ0) is 15.2. The summed E-state index contributed by atoms with van der Waals surface area (Å²) in [7, 11) is -5.82. The van der Waals surface area contributed by atoms with Crippen molar-refractivity contribution in [2.24, 2.45) is 11.5 Å². The van der Waals surface area contributed by atoms with Gasteiger partial charge in [-0.1, -0.05) is 23.6 Å². The molecule has 0 fully saturated rings. The van der Waals surface area contributed by atoms with Crippen LogP contribution in [0.4, 0.5) is 0 Å². The van der Waals surface area contributed by atoms with Gasteiger partial charge in [-0.05, 0) is 39.3 Å². The lowest BCUT2D eigenvalue weighted by Crippen LogP contribution is -2.51. The summed E-state index contributed by atoms with van der Waals surface area (Å²) >= 11 is 0. The molecule has 0 aliphatic carbocycles. The normalized spacial score (nSPS) is 14.7. The van der Waals surface area contributed by atoms with E-state index in [2.05, 4.69) is 50.7 Å². The van der Waals surface area contributed by atoms with Crippen LogP contribution in [-0.2, 0) is 8.23 Å². The van der Waals surface area contributed by atoms with Gasteiger partial charge in [0.1, 0.15) is 0 Å². The van der Waals surface area contributed by atoms with Crippen LogP contribution in [0.1, 0.15) is 0 Å². The van der Waals surface area contributed by atoms with E-state index in [0.29, 0.717) is 13.1 Å². The van der Waals surface area contributed by atoms with Crippen LogP contribution in [0, 0.1) is 0 Å². The minimum atomic E-state index is -2.13. The molecule has 0 aromatic rings. The van der Waals surface area contributed by atoms with E-state index in [-0.39, 0.29) is 0 Å². The molecule has 0 bridgehead atoms. The lowest BCUT2D eigenvalue weighted by atomic mass is 10.7. The van der Waals surface area contributed by atoms with Gasteiger partial charge in [-0.15, -0.1) is 0 Å². The van der Waals surface area contributed by atoms with E-state index in [4.69, 9.17) is 19.7 Å². The van der Waals surface area contributed by atoms with E-state index in [1.54, 1.807) is 0 Å². The smallest absolute Gasteiger partial charge is 0.311 e. The average Bonchev–Trinajstić information content (AvgIpc) is 2.20. The fraction of sp³-hybridized carbons (Fsp3) is 0.667. The maximum absolute atomic E-state index is 6.33. The lowest BCUT2D eigenvalue weighted by molar-refractivity contribution is 0.400. The van der Waals surface area contributed by atoms with E-state index < -0.39 is 25.2 Å². The molecule has 112 valence electrons. The highest BCUT2D eigenvalue weighted by Gasteiger charge is 2.37.